The fraction of sp³-hybridized carbons (Fsp3) is 0.476. The molecule has 3 aromatic rings. The van der Waals surface area contributed by atoms with Gasteiger partial charge in [0.25, 0.3) is 0 Å². The van der Waals surface area contributed by atoms with Crippen LogP contribution < -0.4 is 15.4 Å². The largest absolute Gasteiger partial charge is 0.495 e. The van der Waals surface area contributed by atoms with Crippen LogP contribution in [0.2, 0.25) is 0 Å². The van der Waals surface area contributed by atoms with Crippen LogP contribution in [0.25, 0.3) is 17.0 Å². The molecule has 5 heterocycles. The van der Waals surface area contributed by atoms with E-state index >= 15 is 0 Å². The predicted molar refractivity (Wildman–Crippen MR) is 112 cm³/mol. The molecule has 2 aliphatic heterocycles. The zero-order valence-electron chi connectivity index (χ0n) is 17.8. The van der Waals surface area contributed by atoms with Crippen molar-refractivity contribution in [1.82, 2.24) is 24.9 Å². The second-order valence-corrected chi connectivity index (χ2v) is 7.23. The van der Waals surface area contributed by atoms with Crippen molar-refractivity contribution >= 4 is 11.5 Å². The number of halogens is 2. The van der Waals surface area contributed by atoms with Crippen molar-refractivity contribution in [1.29, 1.82) is 0 Å². The first-order valence-corrected chi connectivity index (χ1v) is 10.5. The van der Waals surface area contributed by atoms with Crippen LogP contribution in [0.1, 0.15) is 31.9 Å². The molecule has 3 aromatic heterocycles. The molecule has 8 nitrogen and oxygen atoms in total. The number of anilines is 1. The van der Waals surface area contributed by atoms with Gasteiger partial charge in [-0.2, -0.15) is 5.10 Å². The van der Waals surface area contributed by atoms with Crippen LogP contribution in [0.3, 0.4) is 0 Å². The van der Waals surface area contributed by atoms with E-state index in [1.807, 2.05) is 13.8 Å². The van der Waals surface area contributed by atoms with Gasteiger partial charge in [-0.05, 0) is 13.0 Å². The summed E-state index contributed by atoms with van der Waals surface area (Å²) in [6.45, 7) is 6.65. The summed E-state index contributed by atoms with van der Waals surface area (Å²) >= 11 is 0. The second-order valence-electron chi connectivity index (χ2n) is 7.23. The van der Waals surface area contributed by atoms with Gasteiger partial charge >= 0.3 is 0 Å². The molecule has 1 atom stereocenters. The molecule has 0 saturated carbocycles. The molecule has 5 rings (SSSR count). The van der Waals surface area contributed by atoms with E-state index in [0.29, 0.717) is 42.5 Å². The zero-order chi connectivity index (χ0) is 22.0. The summed E-state index contributed by atoms with van der Waals surface area (Å²) in [5, 5.41) is 10.9. The van der Waals surface area contributed by atoms with Crippen molar-refractivity contribution in [2.45, 2.75) is 32.2 Å². The third-order valence-corrected chi connectivity index (χ3v) is 5.30. The van der Waals surface area contributed by atoms with Crippen molar-refractivity contribution in [3.05, 3.63) is 35.7 Å². The fourth-order valence-corrected chi connectivity index (χ4v) is 3.63. The standard InChI is InChI=1S/C19H20F2N6O2.C2H6/c1-28-15-5-16-23-7-14(27(16)26-17(15)10-8-29-9-10)18-12(20)4-13(21)19(25-18)24-11-2-3-22-6-11;1-2/h4-5,7,10-11,22H,2-3,6,8-9H2,1H3,(H,24,25);1-2H3. The highest BCUT2D eigenvalue weighted by Crippen LogP contribution is 2.32. The Labute approximate surface area is 179 Å². The first kappa shape index (κ1) is 21.4. The molecule has 166 valence electrons. The Balaban J connectivity index is 0.00000112. The number of pyridine rings is 1. The molecular weight excluding hydrogens is 406 g/mol. The number of hydrogen-bond acceptors (Lipinski definition) is 7. The lowest BCUT2D eigenvalue weighted by atomic mass is 10.0. The molecule has 1 unspecified atom stereocenters. The van der Waals surface area contributed by atoms with Crippen LogP contribution in [-0.4, -0.2) is 59.0 Å². The van der Waals surface area contributed by atoms with Gasteiger partial charge < -0.3 is 20.1 Å². The van der Waals surface area contributed by atoms with Gasteiger partial charge in [0.15, 0.2) is 23.1 Å². The van der Waals surface area contributed by atoms with Crippen molar-refractivity contribution in [3.63, 3.8) is 0 Å². The maximum Gasteiger partial charge on any atom is 0.168 e. The third kappa shape index (κ3) is 4.05. The SMILES string of the molecule is CC.COc1cc2ncc(-c3nc(NC4CCNC4)c(F)cc3F)n2nc1C1COC1. The quantitative estimate of drug-likeness (QED) is 0.641. The summed E-state index contributed by atoms with van der Waals surface area (Å²) in [6.07, 6.45) is 2.32. The summed E-state index contributed by atoms with van der Waals surface area (Å²) in [4.78, 5) is 8.54. The third-order valence-electron chi connectivity index (χ3n) is 5.30. The monoisotopic (exact) mass is 432 g/mol. The van der Waals surface area contributed by atoms with E-state index in [4.69, 9.17) is 9.47 Å². The number of hydrogen-bond donors (Lipinski definition) is 2. The lowest BCUT2D eigenvalue weighted by molar-refractivity contribution is 0.00530. The normalized spacial score (nSPS) is 18.4. The average molecular weight is 432 g/mol. The van der Waals surface area contributed by atoms with Crippen LogP contribution in [0.4, 0.5) is 14.6 Å². The minimum Gasteiger partial charge on any atom is -0.495 e. The van der Waals surface area contributed by atoms with E-state index < -0.39 is 11.6 Å². The Hall–Kier alpha value is -2.85. The van der Waals surface area contributed by atoms with Crippen LogP contribution >= 0.6 is 0 Å². The molecule has 0 spiro atoms. The molecular formula is C21H26F2N6O2. The molecule has 0 aliphatic carbocycles. The average Bonchev–Trinajstić information content (AvgIpc) is 3.39. The molecule has 0 bridgehead atoms. The van der Waals surface area contributed by atoms with Gasteiger partial charge in [0.05, 0.1) is 32.4 Å². The molecule has 0 amide bonds. The molecule has 31 heavy (non-hydrogen) atoms. The number of nitrogens with one attached hydrogen (secondary N) is 2. The van der Waals surface area contributed by atoms with Crippen molar-refractivity contribution in [2.75, 3.05) is 38.7 Å². The maximum atomic E-state index is 14.7. The molecule has 10 heteroatoms. The summed E-state index contributed by atoms with van der Waals surface area (Å²) in [5.41, 5.74) is 1.53. The first-order valence-electron chi connectivity index (χ1n) is 10.5. The Bertz CT molecular complexity index is 1060. The smallest absolute Gasteiger partial charge is 0.168 e. The van der Waals surface area contributed by atoms with Crippen molar-refractivity contribution in [2.24, 2.45) is 0 Å². The minimum atomic E-state index is -0.773. The van der Waals surface area contributed by atoms with E-state index in [0.717, 1.165) is 19.0 Å². The summed E-state index contributed by atoms with van der Waals surface area (Å²) < 4.78 is 41.2. The number of rotatable bonds is 5. The van der Waals surface area contributed by atoms with Gasteiger partial charge in [-0.15, -0.1) is 0 Å². The number of nitrogens with zero attached hydrogens (tertiary/aromatic N) is 4. The van der Waals surface area contributed by atoms with E-state index in [9.17, 15) is 8.78 Å². The van der Waals surface area contributed by atoms with Gasteiger partial charge in [-0.25, -0.2) is 23.3 Å². The Morgan fingerprint density at radius 3 is 2.68 bits per heavy atom. The van der Waals surface area contributed by atoms with Gasteiger partial charge in [0.1, 0.15) is 22.8 Å². The van der Waals surface area contributed by atoms with Crippen LogP contribution in [0.15, 0.2) is 18.3 Å². The van der Waals surface area contributed by atoms with Crippen LogP contribution in [-0.2, 0) is 4.74 Å². The Kier molecular flexibility index (Phi) is 6.28. The fourth-order valence-electron chi connectivity index (χ4n) is 3.63. The van der Waals surface area contributed by atoms with Crippen LogP contribution in [0, 0.1) is 11.6 Å². The van der Waals surface area contributed by atoms with Crippen molar-refractivity contribution < 1.29 is 18.3 Å². The lowest BCUT2D eigenvalue weighted by Gasteiger charge is -2.26. The number of aromatic nitrogens is 4. The highest BCUT2D eigenvalue weighted by Gasteiger charge is 2.28. The molecule has 2 N–H and O–H groups in total. The predicted octanol–water partition coefficient (Wildman–Crippen LogP) is 2.99. The highest BCUT2D eigenvalue weighted by atomic mass is 19.1. The number of methoxy groups -OCH3 is 1. The van der Waals surface area contributed by atoms with E-state index in [-0.39, 0.29) is 23.5 Å². The summed E-state index contributed by atoms with van der Waals surface area (Å²) in [7, 11) is 1.57. The van der Waals surface area contributed by atoms with Gasteiger partial charge in [0, 0.05) is 24.7 Å². The Morgan fingerprint density at radius 2 is 2.03 bits per heavy atom. The number of fused-ring (bicyclic) bond motifs is 1. The summed E-state index contributed by atoms with van der Waals surface area (Å²) in [6, 6.07) is 2.64. The van der Waals surface area contributed by atoms with Gasteiger partial charge in [-0.1, -0.05) is 13.8 Å². The lowest BCUT2D eigenvalue weighted by Crippen LogP contribution is -2.27. The second kappa shape index (κ2) is 9.11. The number of ether oxygens (including phenoxy) is 2. The number of imidazole rings is 1. The molecule has 2 aliphatic rings. The summed E-state index contributed by atoms with van der Waals surface area (Å²) in [5.74, 6) is -0.778. The van der Waals surface area contributed by atoms with Crippen LogP contribution in [0.5, 0.6) is 5.75 Å². The maximum absolute atomic E-state index is 14.7. The van der Waals surface area contributed by atoms with Crippen molar-refractivity contribution in [3.8, 4) is 17.1 Å². The van der Waals surface area contributed by atoms with Gasteiger partial charge in [0.2, 0.25) is 0 Å². The van der Waals surface area contributed by atoms with E-state index in [1.54, 1.807) is 13.2 Å². The van der Waals surface area contributed by atoms with E-state index in [1.165, 1.54) is 10.7 Å². The first-order chi connectivity index (χ1) is 15.1. The molecule has 2 fully saturated rings. The minimum absolute atomic E-state index is 0.0131. The molecule has 0 radical (unpaired) electrons. The molecule has 2 saturated heterocycles. The van der Waals surface area contributed by atoms with E-state index in [2.05, 4.69) is 25.7 Å². The molecule has 0 aromatic carbocycles. The topological polar surface area (TPSA) is 85.6 Å². The highest BCUT2D eigenvalue weighted by molar-refractivity contribution is 5.63. The van der Waals surface area contributed by atoms with Gasteiger partial charge in [-0.3, -0.25) is 0 Å². The zero-order valence-corrected chi connectivity index (χ0v) is 17.8. The Morgan fingerprint density at radius 1 is 1.23 bits per heavy atom.